The topological polar surface area (TPSA) is 78.4 Å². The summed E-state index contributed by atoms with van der Waals surface area (Å²) in [5.41, 5.74) is 3.29. The van der Waals surface area contributed by atoms with Crippen LogP contribution in [0.4, 0.5) is 11.4 Å². The van der Waals surface area contributed by atoms with Crippen molar-refractivity contribution in [3.8, 4) is 0 Å². The summed E-state index contributed by atoms with van der Waals surface area (Å²) < 4.78 is 0. The first-order valence-electron chi connectivity index (χ1n) is 10.2. The molecule has 1 aliphatic carbocycles. The Hall–Kier alpha value is -2.82. The molecular weight excluding hydrogens is 364 g/mol. The predicted octanol–water partition coefficient (Wildman–Crippen LogP) is 5.76. The monoisotopic (exact) mass is 398 g/mol. The molecule has 29 heavy (non-hydrogen) atoms. The van der Waals surface area contributed by atoms with Gasteiger partial charge in [-0.1, -0.05) is 63.4 Å². The van der Waals surface area contributed by atoms with Crippen LogP contribution in [0.5, 0.6) is 0 Å². The summed E-state index contributed by atoms with van der Waals surface area (Å²) >= 11 is 0. The van der Waals surface area contributed by atoms with Crippen molar-refractivity contribution >= 4 is 23.8 Å². The van der Waals surface area contributed by atoms with Crippen LogP contribution in [0.2, 0.25) is 0 Å². The van der Waals surface area contributed by atoms with Gasteiger partial charge in [0.1, 0.15) is 0 Å². The van der Waals surface area contributed by atoms with Crippen molar-refractivity contribution < 1.29 is 14.7 Å². The second-order valence-corrected chi connectivity index (χ2v) is 7.33. The third kappa shape index (κ3) is 10.3. The number of hydrogen-bond donors (Lipinski definition) is 3. The van der Waals surface area contributed by atoms with E-state index in [1.54, 1.807) is 0 Å². The Bertz CT molecular complexity index is 694. The van der Waals surface area contributed by atoms with Gasteiger partial charge in [0.25, 0.3) is 0 Å². The van der Waals surface area contributed by atoms with Crippen LogP contribution in [-0.2, 0) is 9.59 Å². The molecule has 2 aromatic rings. The van der Waals surface area contributed by atoms with E-state index in [-0.39, 0.29) is 5.92 Å². The maximum atomic E-state index is 10.4. The minimum absolute atomic E-state index is 0.0289. The van der Waals surface area contributed by atoms with E-state index in [0.29, 0.717) is 12.3 Å². The molecule has 3 rings (SSSR count). The Morgan fingerprint density at radius 1 is 0.966 bits per heavy atom. The fourth-order valence-corrected chi connectivity index (χ4v) is 2.99. The van der Waals surface area contributed by atoms with E-state index in [2.05, 4.69) is 24.5 Å². The van der Waals surface area contributed by atoms with Gasteiger partial charge in [0, 0.05) is 18.4 Å². The Balaban J connectivity index is 0.000000223. The SMILES string of the molecule is CC(C)c1ccc(NC=O)cc1.CNc1ccccc1.O=C(O)C1CCCCC1. The van der Waals surface area contributed by atoms with Crippen molar-refractivity contribution in [1.29, 1.82) is 0 Å². The van der Waals surface area contributed by atoms with Crippen LogP contribution in [0.3, 0.4) is 0 Å². The van der Waals surface area contributed by atoms with Gasteiger partial charge in [0.2, 0.25) is 6.41 Å². The number of para-hydroxylation sites is 1. The van der Waals surface area contributed by atoms with Gasteiger partial charge in [-0.15, -0.1) is 0 Å². The number of rotatable bonds is 5. The molecule has 0 atom stereocenters. The minimum Gasteiger partial charge on any atom is -0.481 e. The van der Waals surface area contributed by atoms with Crippen LogP contribution in [0, 0.1) is 5.92 Å². The molecule has 0 saturated heterocycles. The van der Waals surface area contributed by atoms with Gasteiger partial charge in [0.15, 0.2) is 0 Å². The molecule has 0 spiro atoms. The number of carboxylic acids is 1. The van der Waals surface area contributed by atoms with Gasteiger partial charge in [0.05, 0.1) is 5.92 Å². The van der Waals surface area contributed by atoms with E-state index < -0.39 is 5.97 Å². The Kier molecular flexibility index (Phi) is 11.9. The Labute approximate surface area is 174 Å². The summed E-state index contributed by atoms with van der Waals surface area (Å²) in [6, 6.07) is 17.9. The second kappa shape index (κ2) is 14.2. The average molecular weight is 399 g/mol. The highest BCUT2D eigenvalue weighted by Gasteiger charge is 2.19. The number of carboxylic acid groups (broad SMARTS) is 1. The Morgan fingerprint density at radius 3 is 1.93 bits per heavy atom. The summed E-state index contributed by atoms with van der Waals surface area (Å²) in [5, 5.41) is 14.2. The molecule has 5 nitrogen and oxygen atoms in total. The van der Waals surface area contributed by atoms with Crippen molar-refractivity contribution in [2.45, 2.75) is 51.9 Å². The molecule has 0 bridgehead atoms. The van der Waals surface area contributed by atoms with Crippen LogP contribution in [-0.4, -0.2) is 24.5 Å². The van der Waals surface area contributed by atoms with E-state index >= 15 is 0 Å². The summed E-state index contributed by atoms with van der Waals surface area (Å²) in [7, 11) is 1.91. The molecule has 1 fully saturated rings. The van der Waals surface area contributed by atoms with Crippen LogP contribution in [0.15, 0.2) is 54.6 Å². The van der Waals surface area contributed by atoms with Crippen LogP contribution >= 0.6 is 0 Å². The van der Waals surface area contributed by atoms with E-state index in [4.69, 9.17) is 5.11 Å². The lowest BCUT2D eigenvalue weighted by molar-refractivity contribution is -0.142. The molecule has 2 aromatic carbocycles. The highest BCUT2D eigenvalue weighted by atomic mass is 16.4. The zero-order valence-electron chi connectivity index (χ0n) is 17.7. The van der Waals surface area contributed by atoms with Gasteiger partial charge in [-0.2, -0.15) is 0 Å². The molecule has 1 saturated carbocycles. The van der Waals surface area contributed by atoms with Crippen LogP contribution in [0.25, 0.3) is 0 Å². The number of benzene rings is 2. The van der Waals surface area contributed by atoms with Crippen molar-refractivity contribution in [3.05, 3.63) is 60.2 Å². The van der Waals surface area contributed by atoms with Crippen molar-refractivity contribution in [2.75, 3.05) is 17.7 Å². The van der Waals surface area contributed by atoms with Gasteiger partial charge in [-0.3, -0.25) is 9.59 Å². The smallest absolute Gasteiger partial charge is 0.306 e. The highest BCUT2D eigenvalue weighted by molar-refractivity contribution is 5.71. The number of amides is 1. The fraction of sp³-hybridized carbons (Fsp3) is 0.417. The summed E-state index contributed by atoms with van der Waals surface area (Å²) in [6.45, 7) is 4.28. The number of carbonyl (C=O) groups is 2. The zero-order valence-corrected chi connectivity index (χ0v) is 17.7. The first-order chi connectivity index (χ1) is 14.0. The van der Waals surface area contributed by atoms with E-state index in [1.807, 2.05) is 61.6 Å². The molecule has 0 aliphatic heterocycles. The highest BCUT2D eigenvalue weighted by Crippen LogP contribution is 2.23. The predicted molar refractivity (Wildman–Crippen MR) is 120 cm³/mol. The van der Waals surface area contributed by atoms with Crippen molar-refractivity contribution in [1.82, 2.24) is 0 Å². The lowest BCUT2D eigenvalue weighted by Crippen LogP contribution is -2.16. The molecule has 1 amide bonds. The first-order valence-corrected chi connectivity index (χ1v) is 10.2. The van der Waals surface area contributed by atoms with Gasteiger partial charge >= 0.3 is 5.97 Å². The number of hydrogen-bond acceptors (Lipinski definition) is 3. The fourth-order valence-electron chi connectivity index (χ4n) is 2.99. The van der Waals surface area contributed by atoms with E-state index in [9.17, 15) is 9.59 Å². The number of nitrogens with one attached hydrogen (secondary N) is 2. The third-order valence-electron chi connectivity index (χ3n) is 4.82. The number of aliphatic carboxylic acids is 1. The van der Waals surface area contributed by atoms with Gasteiger partial charge in [-0.05, 0) is 48.6 Å². The van der Waals surface area contributed by atoms with E-state index in [1.165, 1.54) is 12.0 Å². The molecule has 3 N–H and O–H groups in total. The van der Waals surface area contributed by atoms with Crippen molar-refractivity contribution in [2.24, 2.45) is 5.92 Å². The van der Waals surface area contributed by atoms with Crippen LogP contribution in [0.1, 0.15) is 57.4 Å². The minimum atomic E-state index is -0.602. The molecular formula is C24H34N2O3. The molecule has 158 valence electrons. The summed E-state index contributed by atoms with van der Waals surface area (Å²) in [5.74, 6) is -0.0938. The number of carbonyl (C=O) groups excluding carboxylic acids is 1. The normalized spacial score (nSPS) is 13.2. The molecule has 0 aromatic heterocycles. The zero-order chi connectivity index (χ0) is 21.5. The maximum Gasteiger partial charge on any atom is 0.306 e. The molecule has 0 unspecified atom stereocenters. The number of anilines is 2. The largest absolute Gasteiger partial charge is 0.481 e. The average Bonchev–Trinajstić information content (AvgIpc) is 2.76. The summed E-state index contributed by atoms with van der Waals surface area (Å²) in [4.78, 5) is 20.4. The van der Waals surface area contributed by atoms with Gasteiger partial charge < -0.3 is 15.7 Å². The molecule has 0 radical (unpaired) electrons. The second-order valence-electron chi connectivity index (χ2n) is 7.33. The maximum absolute atomic E-state index is 10.4. The van der Waals surface area contributed by atoms with Crippen LogP contribution < -0.4 is 10.6 Å². The standard InChI is InChI=1S/C10H13NO.C7H9N.C7H12O2/c1-8(2)9-3-5-10(6-4-9)11-7-12;1-8-7-5-3-2-4-6-7;8-7(9)6-4-2-1-3-5-6/h3-8H,1-2H3,(H,11,12);2-6,8H,1H3;6H,1-5H2,(H,8,9). The summed E-state index contributed by atoms with van der Waals surface area (Å²) in [6.07, 6.45) is 5.92. The first kappa shape index (κ1) is 24.2. The van der Waals surface area contributed by atoms with Crippen molar-refractivity contribution in [3.63, 3.8) is 0 Å². The lowest BCUT2D eigenvalue weighted by atomic mass is 9.90. The molecule has 5 heteroatoms. The Morgan fingerprint density at radius 2 is 1.55 bits per heavy atom. The van der Waals surface area contributed by atoms with E-state index in [0.717, 1.165) is 37.1 Å². The molecule has 1 aliphatic rings. The lowest BCUT2D eigenvalue weighted by Gasteiger charge is -2.16. The third-order valence-corrected chi connectivity index (χ3v) is 4.82. The van der Waals surface area contributed by atoms with Gasteiger partial charge in [-0.25, -0.2) is 0 Å². The molecule has 0 heterocycles. The quantitative estimate of drug-likeness (QED) is 0.560.